The number of carbonyl (C=O) groups excluding carboxylic acids is 1. The monoisotopic (exact) mass is 326 g/mol. The molecule has 1 aromatic carbocycles. The second kappa shape index (κ2) is 4.87. The number of carbonyl (C=O) groups is 1. The molecule has 0 spiro atoms. The Labute approximate surface area is 133 Å². The summed E-state index contributed by atoms with van der Waals surface area (Å²) in [5.41, 5.74) is 0. The molecule has 0 unspecified atom stereocenters. The number of esters is 1. The van der Waals surface area contributed by atoms with E-state index < -0.39 is 11.6 Å². The minimum atomic E-state index is -0.770. The van der Waals surface area contributed by atoms with Crippen molar-refractivity contribution in [3.05, 3.63) is 6.07 Å². The summed E-state index contributed by atoms with van der Waals surface area (Å²) in [5.74, 6) is 0.578. The van der Waals surface area contributed by atoms with Gasteiger partial charge in [-0.2, -0.15) is 0 Å². The topological polar surface area (TPSA) is 63.2 Å². The molecule has 22 heavy (non-hydrogen) atoms. The van der Waals surface area contributed by atoms with E-state index >= 15 is 0 Å². The predicted molar refractivity (Wildman–Crippen MR) is 79.9 cm³/mol. The van der Waals surface area contributed by atoms with Crippen molar-refractivity contribution in [2.45, 2.75) is 44.2 Å². The van der Waals surface area contributed by atoms with Crippen molar-refractivity contribution in [3.63, 3.8) is 0 Å². The number of methoxy groups -OCH3 is 1. The van der Waals surface area contributed by atoms with Crippen LogP contribution < -0.4 is 18.9 Å². The molecule has 0 saturated carbocycles. The van der Waals surface area contributed by atoms with E-state index in [1.807, 2.05) is 27.7 Å². The van der Waals surface area contributed by atoms with Gasteiger partial charge in [0.2, 0.25) is 11.6 Å². The molecule has 7 heteroatoms. The van der Waals surface area contributed by atoms with Gasteiger partial charge in [-0.25, -0.2) is 0 Å². The van der Waals surface area contributed by atoms with Gasteiger partial charge in [0.25, 0.3) is 0 Å². The van der Waals surface area contributed by atoms with E-state index in [9.17, 15) is 4.79 Å². The third kappa shape index (κ3) is 2.65. The summed E-state index contributed by atoms with van der Waals surface area (Å²) in [5, 5.41) is 0. The lowest BCUT2D eigenvalue weighted by molar-refractivity contribution is -0.137. The fraction of sp³-hybridized carbons (Fsp3) is 0.533. The van der Waals surface area contributed by atoms with E-state index in [4.69, 9.17) is 18.9 Å². The van der Waals surface area contributed by atoms with Gasteiger partial charge in [-0.1, -0.05) is 0 Å². The first-order valence-corrected chi connectivity index (χ1v) is 7.86. The van der Waals surface area contributed by atoms with Crippen molar-refractivity contribution >= 4 is 17.7 Å². The first-order valence-electron chi connectivity index (χ1n) is 6.87. The third-order valence-corrected chi connectivity index (χ3v) is 4.13. The molecule has 0 amide bonds. The van der Waals surface area contributed by atoms with Crippen LogP contribution in [0.3, 0.4) is 0 Å². The summed E-state index contributed by atoms with van der Waals surface area (Å²) < 4.78 is 27.9. The molecule has 0 aliphatic carbocycles. The van der Waals surface area contributed by atoms with Crippen LogP contribution in [0, 0.1) is 0 Å². The molecule has 6 nitrogen and oxygen atoms in total. The van der Waals surface area contributed by atoms with Gasteiger partial charge in [0.1, 0.15) is 4.90 Å². The van der Waals surface area contributed by atoms with Crippen molar-refractivity contribution in [2.24, 2.45) is 0 Å². The molecule has 2 aliphatic heterocycles. The predicted octanol–water partition coefficient (Wildman–Crippen LogP) is 2.97. The number of hydrogen-bond donors (Lipinski definition) is 0. The molecule has 0 radical (unpaired) electrons. The average Bonchev–Trinajstić information content (AvgIpc) is 2.87. The molecule has 0 N–H and O–H groups in total. The Balaban J connectivity index is 2.01. The molecule has 0 fully saturated rings. The standard InChI is InChI=1S/C15H18O6S/c1-14(2)18-8-6-9-12(21-15(3,4)19-9)13(11(8)20-14)22-7-10(16)17-5/h6H,7H2,1-5H3. The molecule has 3 rings (SSSR count). The smallest absolute Gasteiger partial charge is 0.315 e. The third-order valence-electron chi connectivity index (χ3n) is 3.09. The SMILES string of the molecule is COC(=O)CSc1c2c(cc3c1OC(C)(C)O3)OC(C)(C)O2. The minimum Gasteiger partial charge on any atom is -0.468 e. The van der Waals surface area contributed by atoms with Gasteiger partial charge in [-0.05, 0) is 0 Å². The summed E-state index contributed by atoms with van der Waals surface area (Å²) >= 11 is 1.28. The number of fused-ring (bicyclic) bond motifs is 2. The molecule has 2 heterocycles. The Morgan fingerprint density at radius 1 is 1.05 bits per heavy atom. The van der Waals surface area contributed by atoms with Crippen molar-refractivity contribution in [1.29, 1.82) is 0 Å². The number of hydrogen-bond acceptors (Lipinski definition) is 7. The maximum Gasteiger partial charge on any atom is 0.315 e. The van der Waals surface area contributed by atoms with Gasteiger partial charge in [0.15, 0.2) is 23.0 Å². The summed E-state index contributed by atoms with van der Waals surface area (Å²) in [4.78, 5) is 12.1. The number of benzene rings is 1. The summed E-state index contributed by atoms with van der Waals surface area (Å²) in [6, 6.07) is 1.76. The molecule has 0 atom stereocenters. The summed E-state index contributed by atoms with van der Waals surface area (Å²) in [6.45, 7) is 7.27. The van der Waals surface area contributed by atoms with Crippen LogP contribution in [0.5, 0.6) is 23.0 Å². The van der Waals surface area contributed by atoms with Crippen LogP contribution in [0.1, 0.15) is 27.7 Å². The molecule has 0 bridgehead atoms. The van der Waals surface area contributed by atoms with E-state index in [1.54, 1.807) is 6.07 Å². The van der Waals surface area contributed by atoms with Crippen molar-refractivity contribution < 1.29 is 28.5 Å². The molecular formula is C15H18O6S. The minimum absolute atomic E-state index is 0.146. The lowest BCUT2D eigenvalue weighted by Gasteiger charge is -2.18. The van der Waals surface area contributed by atoms with E-state index in [1.165, 1.54) is 18.9 Å². The lowest BCUT2D eigenvalue weighted by Crippen LogP contribution is -2.30. The van der Waals surface area contributed by atoms with E-state index in [2.05, 4.69) is 4.74 Å². The van der Waals surface area contributed by atoms with E-state index in [0.717, 1.165) is 0 Å². The quantitative estimate of drug-likeness (QED) is 0.625. The zero-order valence-electron chi connectivity index (χ0n) is 13.1. The zero-order valence-corrected chi connectivity index (χ0v) is 14.0. The van der Waals surface area contributed by atoms with Gasteiger partial charge in [0.05, 0.1) is 12.9 Å². The maximum absolute atomic E-state index is 11.5. The van der Waals surface area contributed by atoms with Crippen LogP contribution >= 0.6 is 11.8 Å². The van der Waals surface area contributed by atoms with Crippen molar-refractivity contribution in [1.82, 2.24) is 0 Å². The molecule has 2 aliphatic rings. The Kier molecular flexibility index (Phi) is 3.36. The fourth-order valence-electron chi connectivity index (χ4n) is 2.31. The van der Waals surface area contributed by atoms with Crippen LogP contribution in [-0.4, -0.2) is 30.4 Å². The largest absolute Gasteiger partial charge is 0.468 e. The zero-order chi connectivity index (χ0) is 16.1. The Morgan fingerprint density at radius 2 is 1.55 bits per heavy atom. The van der Waals surface area contributed by atoms with Crippen LogP contribution in [0.2, 0.25) is 0 Å². The highest BCUT2D eigenvalue weighted by Crippen LogP contribution is 2.57. The van der Waals surface area contributed by atoms with E-state index in [-0.39, 0.29) is 11.7 Å². The van der Waals surface area contributed by atoms with Crippen LogP contribution in [-0.2, 0) is 9.53 Å². The summed E-state index contributed by atoms with van der Waals surface area (Å²) in [6.07, 6.45) is 0. The van der Waals surface area contributed by atoms with Gasteiger partial charge < -0.3 is 23.7 Å². The Hall–Kier alpha value is -1.76. The molecule has 0 aromatic heterocycles. The fourth-order valence-corrected chi connectivity index (χ4v) is 3.23. The highest BCUT2D eigenvalue weighted by Gasteiger charge is 2.42. The molecule has 0 saturated heterocycles. The van der Waals surface area contributed by atoms with Crippen molar-refractivity contribution in [3.8, 4) is 23.0 Å². The van der Waals surface area contributed by atoms with Gasteiger partial charge in [-0.3, -0.25) is 4.79 Å². The number of thioether (sulfide) groups is 1. The number of rotatable bonds is 3. The van der Waals surface area contributed by atoms with Crippen LogP contribution in [0.4, 0.5) is 0 Å². The van der Waals surface area contributed by atoms with Gasteiger partial charge in [-0.15, -0.1) is 11.8 Å². The maximum atomic E-state index is 11.5. The lowest BCUT2D eigenvalue weighted by atomic mass is 10.3. The van der Waals surface area contributed by atoms with Crippen LogP contribution in [0.25, 0.3) is 0 Å². The van der Waals surface area contributed by atoms with Crippen molar-refractivity contribution in [2.75, 3.05) is 12.9 Å². The second-order valence-corrected chi connectivity index (χ2v) is 6.92. The second-order valence-electron chi connectivity index (χ2n) is 5.93. The first-order chi connectivity index (χ1) is 10.2. The molecule has 1 aromatic rings. The number of ether oxygens (including phenoxy) is 5. The van der Waals surface area contributed by atoms with Crippen LogP contribution in [0.15, 0.2) is 11.0 Å². The molecule has 120 valence electrons. The highest BCUT2D eigenvalue weighted by atomic mass is 32.2. The Morgan fingerprint density at radius 3 is 2.00 bits per heavy atom. The molecular weight excluding hydrogens is 308 g/mol. The normalized spacial score (nSPS) is 19.1. The highest BCUT2D eigenvalue weighted by molar-refractivity contribution is 8.00. The average molecular weight is 326 g/mol. The van der Waals surface area contributed by atoms with Gasteiger partial charge in [0, 0.05) is 33.8 Å². The summed E-state index contributed by atoms with van der Waals surface area (Å²) in [7, 11) is 1.36. The van der Waals surface area contributed by atoms with E-state index in [0.29, 0.717) is 27.9 Å². The first kappa shape index (κ1) is 15.1. The Bertz CT molecular complexity index is 595. The van der Waals surface area contributed by atoms with Gasteiger partial charge >= 0.3 is 5.97 Å².